The van der Waals surface area contributed by atoms with Crippen LogP contribution in [0.25, 0.3) is 11.3 Å². The summed E-state index contributed by atoms with van der Waals surface area (Å²) in [4.78, 5) is 26.4. The van der Waals surface area contributed by atoms with Crippen LogP contribution in [-0.4, -0.2) is 60.8 Å². The van der Waals surface area contributed by atoms with Gasteiger partial charge in [-0.1, -0.05) is 24.3 Å². The number of nitrogens with two attached hydrogens (primary N) is 2. The summed E-state index contributed by atoms with van der Waals surface area (Å²) in [5.41, 5.74) is 13.1. The molecule has 5 N–H and O–H groups in total. The first-order valence-electron chi connectivity index (χ1n) is 11.5. The lowest BCUT2D eigenvalue weighted by atomic mass is 10.1. The monoisotopic (exact) mass is 524 g/mol. The Labute approximate surface area is 214 Å². The number of ether oxygens (including phenoxy) is 1. The van der Waals surface area contributed by atoms with E-state index in [0.717, 1.165) is 6.26 Å². The van der Waals surface area contributed by atoms with Gasteiger partial charge >= 0.3 is 0 Å². The van der Waals surface area contributed by atoms with Crippen LogP contribution >= 0.6 is 0 Å². The van der Waals surface area contributed by atoms with Gasteiger partial charge in [0.2, 0.25) is 15.9 Å². The molecule has 1 aliphatic rings. The van der Waals surface area contributed by atoms with Crippen molar-refractivity contribution < 1.29 is 22.7 Å². The van der Waals surface area contributed by atoms with E-state index in [1.165, 1.54) is 12.2 Å². The molecule has 37 heavy (non-hydrogen) atoms. The molecule has 11 nitrogen and oxygen atoms in total. The van der Waals surface area contributed by atoms with Gasteiger partial charge in [-0.15, -0.1) is 0 Å². The lowest BCUT2D eigenvalue weighted by Crippen LogP contribution is -2.28. The average Bonchev–Trinajstić information content (AvgIpc) is 3.47. The molecule has 2 heterocycles. The number of likely N-dealkylation sites (tertiary alicyclic amines) is 1. The number of para-hydroxylation sites is 1. The molecule has 3 aromatic rings. The maximum atomic E-state index is 12.5. The average molecular weight is 525 g/mol. The van der Waals surface area contributed by atoms with Crippen molar-refractivity contribution in [1.29, 1.82) is 0 Å². The summed E-state index contributed by atoms with van der Waals surface area (Å²) >= 11 is 0. The molecule has 2 aromatic carbocycles. The highest BCUT2D eigenvalue weighted by Crippen LogP contribution is 2.33. The Bertz CT molecular complexity index is 1420. The number of carbonyl (C=O) groups is 2. The number of amides is 2. The van der Waals surface area contributed by atoms with Gasteiger partial charge in [0.1, 0.15) is 28.6 Å². The highest BCUT2D eigenvalue weighted by molar-refractivity contribution is 7.88. The molecule has 0 spiro atoms. The third-order valence-electron chi connectivity index (χ3n) is 5.85. The molecule has 194 valence electrons. The van der Waals surface area contributed by atoms with Gasteiger partial charge in [-0.2, -0.15) is 5.10 Å². The number of anilines is 1. The molecule has 4 rings (SSSR count). The van der Waals surface area contributed by atoms with Crippen molar-refractivity contribution in [3.63, 3.8) is 0 Å². The molecule has 0 radical (unpaired) electrons. The van der Waals surface area contributed by atoms with Crippen LogP contribution in [0.4, 0.5) is 5.82 Å². The van der Waals surface area contributed by atoms with Crippen LogP contribution in [0.2, 0.25) is 0 Å². The zero-order valence-corrected chi connectivity index (χ0v) is 21.0. The van der Waals surface area contributed by atoms with Gasteiger partial charge in [-0.05, 0) is 42.8 Å². The fraction of sp³-hybridized carbons (Fsp3) is 0.240. The van der Waals surface area contributed by atoms with Crippen LogP contribution in [0.3, 0.4) is 0 Å². The molecular weight excluding hydrogens is 496 g/mol. The zero-order chi connectivity index (χ0) is 26.6. The molecule has 1 saturated heterocycles. The Morgan fingerprint density at radius 3 is 2.46 bits per heavy atom. The number of nitrogens with zero attached hydrogens (tertiary/aromatic N) is 3. The molecule has 12 heteroatoms. The SMILES string of the molecule is CS(=O)(=O)NCC=CC(=O)N1CC[C@@H](n2nc(-c3ccc(Oc4ccccc4)cc3)c(C(N)=O)c2N)C1. The van der Waals surface area contributed by atoms with Crippen molar-refractivity contribution in [2.24, 2.45) is 5.73 Å². The van der Waals surface area contributed by atoms with Crippen LogP contribution < -0.4 is 20.9 Å². The van der Waals surface area contributed by atoms with Crippen LogP contribution in [0.15, 0.2) is 66.7 Å². The number of benzene rings is 2. The second-order valence-electron chi connectivity index (χ2n) is 8.61. The number of carbonyl (C=O) groups excluding carboxylic acids is 2. The molecule has 0 unspecified atom stereocenters. The maximum Gasteiger partial charge on any atom is 0.254 e. The van der Waals surface area contributed by atoms with Gasteiger partial charge < -0.3 is 21.1 Å². The highest BCUT2D eigenvalue weighted by Gasteiger charge is 2.31. The number of nitrogens with one attached hydrogen (secondary N) is 1. The van der Waals surface area contributed by atoms with Gasteiger partial charge in [0, 0.05) is 31.3 Å². The van der Waals surface area contributed by atoms with E-state index < -0.39 is 15.9 Å². The van der Waals surface area contributed by atoms with E-state index in [9.17, 15) is 18.0 Å². The summed E-state index contributed by atoms with van der Waals surface area (Å²) in [5.74, 6) is 0.499. The largest absolute Gasteiger partial charge is 0.457 e. The predicted octanol–water partition coefficient (Wildman–Crippen LogP) is 1.90. The van der Waals surface area contributed by atoms with E-state index in [2.05, 4.69) is 9.82 Å². The minimum atomic E-state index is -3.34. The summed E-state index contributed by atoms with van der Waals surface area (Å²) in [6.45, 7) is 0.809. The Kier molecular flexibility index (Phi) is 7.60. The maximum absolute atomic E-state index is 12.5. The Hall–Kier alpha value is -4.16. The molecular formula is C25H28N6O5S. The number of hydrogen-bond acceptors (Lipinski definition) is 7. The number of nitrogen functional groups attached to an aromatic ring is 1. The Morgan fingerprint density at radius 2 is 1.81 bits per heavy atom. The zero-order valence-electron chi connectivity index (χ0n) is 20.2. The van der Waals surface area contributed by atoms with Gasteiger partial charge in [-0.25, -0.2) is 17.8 Å². The Balaban J connectivity index is 1.49. The molecule has 1 fully saturated rings. The summed E-state index contributed by atoms with van der Waals surface area (Å²) in [6.07, 6.45) is 4.40. The van der Waals surface area contributed by atoms with Crippen molar-refractivity contribution in [1.82, 2.24) is 19.4 Å². The minimum absolute atomic E-state index is 0.0223. The van der Waals surface area contributed by atoms with Crippen LogP contribution in [-0.2, 0) is 14.8 Å². The predicted molar refractivity (Wildman–Crippen MR) is 139 cm³/mol. The fourth-order valence-electron chi connectivity index (χ4n) is 4.08. The third-order valence-corrected chi connectivity index (χ3v) is 6.54. The molecule has 2 amide bonds. The van der Waals surface area contributed by atoms with E-state index >= 15 is 0 Å². The first-order chi connectivity index (χ1) is 17.6. The number of primary amides is 1. The van der Waals surface area contributed by atoms with E-state index in [1.54, 1.807) is 33.8 Å². The number of rotatable bonds is 9. The second kappa shape index (κ2) is 10.8. The van der Waals surface area contributed by atoms with Crippen LogP contribution in [0, 0.1) is 0 Å². The Morgan fingerprint density at radius 1 is 1.14 bits per heavy atom. The van der Waals surface area contributed by atoms with Crippen molar-refractivity contribution in [3.8, 4) is 22.8 Å². The molecule has 1 aromatic heterocycles. The molecule has 0 bridgehead atoms. The summed E-state index contributed by atoms with van der Waals surface area (Å²) in [7, 11) is -3.34. The standard InChI is InChI=1S/C25H28N6O5S/c1-37(34,35)28-14-5-8-21(32)30-15-13-18(16-30)31-24(26)22(25(27)33)23(29-31)17-9-11-20(12-10-17)36-19-6-3-2-4-7-19/h2-12,18,28H,13-16,26H2,1H3,(H2,27,33)/t18-/m1/s1. The second-order valence-corrected chi connectivity index (χ2v) is 10.4. The summed E-state index contributed by atoms with van der Waals surface area (Å²) < 4.78 is 31.9. The number of aromatic nitrogens is 2. The topological polar surface area (TPSA) is 163 Å². The van der Waals surface area contributed by atoms with Gasteiger partial charge in [0.05, 0.1) is 12.3 Å². The van der Waals surface area contributed by atoms with Crippen molar-refractivity contribution in [3.05, 3.63) is 72.3 Å². The lowest BCUT2D eigenvalue weighted by Gasteiger charge is -2.15. The molecule has 0 saturated carbocycles. The van der Waals surface area contributed by atoms with E-state index in [4.69, 9.17) is 16.2 Å². The van der Waals surface area contributed by atoms with E-state index in [-0.39, 0.29) is 29.9 Å². The smallest absolute Gasteiger partial charge is 0.254 e. The lowest BCUT2D eigenvalue weighted by molar-refractivity contribution is -0.125. The number of sulfonamides is 1. The number of hydrogen-bond donors (Lipinski definition) is 3. The third kappa shape index (κ3) is 6.35. The minimum Gasteiger partial charge on any atom is -0.457 e. The summed E-state index contributed by atoms with van der Waals surface area (Å²) in [5, 5.41) is 4.61. The molecule has 0 aliphatic carbocycles. The van der Waals surface area contributed by atoms with Gasteiger partial charge in [0.25, 0.3) is 5.91 Å². The van der Waals surface area contributed by atoms with Crippen LogP contribution in [0.5, 0.6) is 11.5 Å². The normalized spacial score (nSPS) is 15.8. The molecule has 1 atom stereocenters. The fourth-order valence-corrected chi connectivity index (χ4v) is 4.48. The first-order valence-corrected chi connectivity index (χ1v) is 13.4. The van der Waals surface area contributed by atoms with Crippen molar-refractivity contribution in [2.75, 3.05) is 31.6 Å². The van der Waals surface area contributed by atoms with Gasteiger partial charge in [0.15, 0.2) is 0 Å². The quantitative estimate of drug-likeness (QED) is 0.360. The summed E-state index contributed by atoms with van der Waals surface area (Å²) in [6, 6.07) is 16.2. The highest BCUT2D eigenvalue weighted by atomic mass is 32.2. The van der Waals surface area contributed by atoms with Crippen molar-refractivity contribution >= 4 is 27.7 Å². The van der Waals surface area contributed by atoms with E-state index in [1.807, 2.05) is 30.3 Å². The van der Waals surface area contributed by atoms with E-state index in [0.29, 0.717) is 42.3 Å². The first kappa shape index (κ1) is 25.9. The molecule has 1 aliphatic heterocycles. The van der Waals surface area contributed by atoms with Crippen LogP contribution in [0.1, 0.15) is 22.8 Å². The van der Waals surface area contributed by atoms with Gasteiger partial charge in [-0.3, -0.25) is 9.59 Å². The van der Waals surface area contributed by atoms with Crippen molar-refractivity contribution in [2.45, 2.75) is 12.5 Å².